The van der Waals surface area contributed by atoms with Gasteiger partial charge in [0.05, 0.1) is 0 Å². The minimum atomic E-state index is -0.834. The van der Waals surface area contributed by atoms with Crippen molar-refractivity contribution < 1.29 is 8.78 Å². The maximum atomic E-state index is 13.1. The molecule has 0 aliphatic carbocycles. The van der Waals surface area contributed by atoms with Crippen LogP contribution in [0.25, 0.3) is 22.2 Å². The molecule has 3 rings (SSSR count). The van der Waals surface area contributed by atoms with Crippen molar-refractivity contribution in [1.82, 2.24) is 4.98 Å². The first-order valence-electron chi connectivity index (χ1n) is 5.27. The lowest BCUT2D eigenvalue weighted by Gasteiger charge is -1.95. The predicted molar refractivity (Wildman–Crippen MR) is 63.7 cm³/mol. The van der Waals surface area contributed by atoms with Crippen molar-refractivity contribution in [3.05, 3.63) is 60.2 Å². The van der Waals surface area contributed by atoms with Gasteiger partial charge in [-0.05, 0) is 17.7 Å². The van der Waals surface area contributed by atoms with Crippen molar-refractivity contribution in [2.75, 3.05) is 0 Å². The molecule has 0 bridgehead atoms. The quantitative estimate of drug-likeness (QED) is 0.646. The third kappa shape index (κ3) is 1.69. The van der Waals surface area contributed by atoms with Crippen molar-refractivity contribution in [1.29, 1.82) is 0 Å². The molecule has 0 fully saturated rings. The highest BCUT2D eigenvalue weighted by Gasteiger charge is 2.07. The van der Waals surface area contributed by atoms with Crippen LogP contribution in [0.15, 0.2) is 48.5 Å². The van der Waals surface area contributed by atoms with Crippen LogP contribution in [-0.2, 0) is 0 Å². The summed E-state index contributed by atoms with van der Waals surface area (Å²) in [4.78, 5) is 3.07. The van der Waals surface area contributed by atoms with Crippen LogP contribution in [0.1, 0.15) is 0 Å². The Bertz CT molecular complexity index is 632. The highest BCUT2D eigenvalue weighted by molar-refractivity contribution is 5.85. The standard InChI is InChI=1S/C14H9F2N/c15-11-6-10-7-13(9-4-2-1-3-5-9)17-14(10)8-12(11)16/h1-8,17H. The Balaban J connectivity index is 2.21. The number of hydrogen-bond acceptors (Lipinski definition) is 0. The van der Waals surface area contributed by atoms with E-state index in [0.29, 0.717) is 10.9 Å². The first kappa shape index (κ1) is 10.0. The maximum Gasteiger partial charge on any atom is 0.160 e. The number of aromatic nitrogens is 1. The van der Waals surface area contributed by atoms with Gasteiger partial charge < -0.3 is 4.98 Å². The summed E-state index contributed by atoms with van der Waals surface area (Å²) in [5.41, 5.74) is 2.44. The van der Waals surface area contributed by atoms with Gasteiger partial charge in [-0.15, -0.1) is 0 Å². The summed E-state index contributed by atoms with van der Waals surface area (Å²) < 4.78 is 26.1. The lowest BCUT2D eigenvalue weighted by Crippen LogP contribution is -1.81. The molecule has 0 spiro atoms. The number of rotatable bonds is 1. The van der Waals surface area contributed by atoms with Gasteiger partial charge in [0.1, 0.15) is 0 Å². The predicted octanol–water partition coefficient (Wildman–Crippen LogP) is 4.11. The molecule has 1 N–H and O–H groups in total. The number of hydrogen-bond donors (Lipinski definition) is 1. The van der Waals surface area contributed by atoms with Gasteiger partial charge >= 0.3 is 0 Å². The van der Waals surface area contributed by atoms with Crippen molar-refractivity contribution >= 4 is 10.9 Å². The largest absolute Gasteiger partial charge is 0.354 e. The van der Waals surface area contributed by atoms with Gasteiger partial charge in [-0.25, -0.2) is 8.78 Å². The van der Waals surface area contributed by atoms with Gasteiger partial charge in [-0.1, -0.05) is 30.3 Å². The monoisotopic (exact) mass is 229 g/mol. The number of nitrogens with one attached hydrogen (secondary N) is 1. The van der Waals surface area contributed by atoms with E-state index in [0.717, 1.165) is 11.3 Å². The average molecular weight is 229 g/mol. The van der Waals surface area contributed by atoms with Crippen LogP contribution in [0.3, 0.4) is 0 Å². The minimum Gasteiger partial charge on any atom is -0.354 e. The Labute approximate surface area is 96.7 Å². The molecule has 1 aromatic heterocycles. The summed E-state index contributed by atoms with van der Waals surface area (Å²) >= 11 is 0. The average Bonchev–Trinajstić information content (AvgIpc) is 2.74. The fraction of sp³-hybridized carbons (Fsp3) is 0. The van der Waals surface area contributed by atoms with Crippen LogP contribution in [0.5, 0.6) is 0 Å². The molecule has 0 amide bonds. The minimum absolute atomic E-state index is 0.600. The number of fused-ring (bicyclic) bond motifs is 1. The molecule has 2 aromatic carbocycles. The highest BCUT2D eigenvalue weighted by atomic mass is 19.2. The van der Waals surface area contributed by atoms with E-state index in [9.17, 15) is 8.78 Å². The van der Waals surface area contributed by atoms with Crippen molar-refractivity contribution in [3.8, 4) is 11.3 Å². The van der Waals surface area contributed by atoms with E-state index in [1.165, 1.54) is 12.1 Å². The van der Waals surface area contributed by atoms with E-state index in [2.05, 4.69) is 4.98 Å². The Morgan fingerprint density at radius 2 is 1.53 bits per heavy atom. The third-order valence-corrected chi connectivity index (χ3v) is 2.75. The lowest BCUT2D eigenvalue weighted by molar-refractivity contribution is 0.511. The second-order valence-electron chi connectivity index (χ2n) is 3.90. The summed E-state index contributed by atoms with van der Waals surface area (Å²) in [5.74, 6) is -1.66. The van der Waals surface area contributed by atoms with Gasteiger partial charge in [-0.2, -0.15) is 0 Å². The topological polar surface area (TPSA) is 15.8 Å². The van der Waals surface area contributed by atoms with Crippen molar-refractivity contribution in [2.45, 2.75) is 0 Å². The molecule has 0 unspecified atom stereocenters. The zero-order chi connectivity index (χ0) is 11.8. The zero-order valence-corrected chi connectivity index (χ0v) is 8.87. The van der Waals surface area contributed by atoms with E-state index in [-0.39, 0.29) is 0 Å². The molecule has 3 heteroatoms. The molecule has 0 saturated carbocycles. The zero-order valence-electron chi connectivity index (χ0n) is 8.87. The molecule has 0 aliphatic heterocycles. The Kier molecular flexibility index (Phi) is 2.18. The molecule has 0 radical (unpaired) electrons. The highest BCUT2D eigenvalue weighted by Crippen LogP contribution is 2.25. The third-order valence-electron chi connectivity index (χ3n) is 2.75. The van der Waals surface area contributed by atoms with E-state index in [1.54, 1.807) is 0 Å². The van der Waals surface area contributed by atoms with Crippen LogP contribution in [0.2, 0.25) is 0 Å². The molecule has 3 aromatic rings. The van der Waals surface area contributed by atoms with Crippen molar-refractivity contribution in [3.63, 3.8) is 0 Å². The summed E-state index contributed by atoms with van der Waals surface area (Å²) in [5, 5.41) is 0.669. The summed E-state index contributed by atoms with van der Waals surface area (Å²) in [6, 6.07) is 13.8. The fourth-order valence-electron chi connectivity index (χ4n) is 1.90. The Hall–Kier alpha value is -2.16. The van der Waals surface area contributed by atoms with E-state index < -0.39 is 11.6 Å². The molecule has 1 nitrogen and oxygen atoms in total. The smallest absolute Gasteiger partial charge is 0.160 e. The molecule has 17 heavy (non-hydrogen) atoms. The van der Waals surface area contributed by atoms with Gasteiger partial charge in [0.25, 0.3) is 0 Å². The van der Waals surface area contributed by atoms with Gasteiger partial charge in [0.15, 0.2) is 11.6 Å². The maximum absolute atomic E-state index is 13.1. The van der Waals surface area contributed by atoms with E-state index in [4.69, 9.17) is 0 Å². The Morgan fingerprint density at radius 3 is 2.29 bits per heavy atom. The molecular formula is C14H9F2N. The number of aromatic amines is 1. The molecule has 1 heterocycles. The van der Waals surface area contributed by atoms with Crippen LogP contribution in [0.4, 0.5) is 8.78 Å². The molecule has 0 atom stereocenters. The summed E-state index contributed by atoms with van der Waals surface area (Å²) in [6.07, 6.45) is 0. The number of halogens is 2. The van der Waals surface area contributed by atoms with Gasteiger partial charge in [-0.3, -0.25) is 0 Å². The normalized spacial score (nSPS) is 10.9. The van der Waals surface area contributed by atoms with E-state index in [1.807, 2.05) is 36.4 Å². The van der Waals surface area contributed by atoms with Crippen molar-refractivity contribution in [2.24, 2.45) is 0 Å². The summed E-state index contributed by atoms with van der Waals surface area (Å²) in [6.45, 7) is 0. The molecule has 0 saturated heterocycles. The van der Waals surface area contributed by atoms with Crippen LogP contribution in [0, 0.1) is 11.6 Å². The number of benzene rings is 2. The van der Waals surface area contributed by atoms with Gasteiger partial charge in [0, 0.05) is 22.7 Å². The summed E-state index contributed by atoms with van der Waals surface area (Å²) in [7, 11) is 0. The first-order valence-corrected chi connectivity index (χ1v) is 5.27. The first-order chi connectivity index (χ1) is 8.24. The molecule has 84 valence electrons. The van der Waals surface area contributed by atoms with Crippen LogP contribution >= 0.6 is 0 Å². The fourth-order valence-corrected chi connectivity index (χ4v) is 1.90. The van der Waals surface area contributed by atoms with E-state index >= 15 is 0 Å². The second kappa shape index (κ2) is 3.70. The second-order valence-corrected chi connectivity index (χ2v) is 3.90. The number of H-pyrrole nitrogens is 1. The Morgan fingerprint density at radius 1 is 0.824 bits per heavy atom. The lowest BCUT2D eigenvalue weighted by atomic mass is 10.1. The van der Waals surface area contributed by atoms with Crippen LogP contribution < -0.4 is 0 Å². The van der Waals surface area contributed by atoms with Gasteiger partial charge in [0.2, 0.25) is 0 Å². The molecule has 0 aliphatic rings. The SMILES string of the molecule is Fc1cc2cc(-c3ccccc3)[nH]c2cc1F. The van der Waals surface area contributed by atoms with Crippen LogP contribution in [-0.4, -0.2) is 4.98 Å². The molecular weight excluding hydrogens is 220 g/mol.